The number of hydrogen-bond acceptors (Lipinski definition) is 5. The summed E-state index contributed by atoms with van der Waals surface area (Å²) in [5, 5.41) is 15.5. The van der Waals surface area contributed by atoms with Crippen molar-refractivity contribution in [3.63, 3.8) is 0 Å². The largest absolute Gasteiger partial charge is 0.480 e. The Bertz CT molecular complexity index is 1360. The maximum absolute atomic E-state index is 13.2. The molecule has 0 aromatic heterocycles. The van der Waals surface area contributed by atoms with Crippen molar-refractivity contribution in [3.8, 4) is 11.1 Å². The van der Waals surface area contributed by atoms with E-state index >= 15 is 0 Å². The molecule has 0 spiro atoms. The number of carbonyl (C=O) groups is 3. The zero-order chi connectivity index (χ0) is 29.5. The van der Waals surface area contributed by atoms with E-state index in [0.29, 0.717) is 12.8 Å². The topological polar surface area (TPSA) is 114 Å². The number of benzene rings is 3. The molecule has 2 aliphatic rings. The first kappa shape index (κ1) is 29.3. The molecule has 3 aromatic rings. The van der Waals surface area contributed by atoms with Crippen LogP contribution in [0.3, 0.4) is 0 Å². The van der Waals surface area contributed by atoms with Crippen LogP contribution in [0.15, 0.2) is 78.9 Å². The highest BCUT2D eigenvalue weighted by molar-refractivity contribution is 5.85. The average molecular weight is 571 g/mol. The van der Waals surface area contributed by atoms with Crippen molar-refractivity contribution in [2.45, 2.75) is 75.7 Å². The van der Waals surface area contributed by atoms with Crippen LogP contribution in [0, 0.1) is 0 Å². The molecule has 2 amide bonds. The van der Waals surface area contributed by atoms with Gasteiger partial charge in [0.1, 0.15) is 6.61 Å². The summed E-state index contributed by atoms with van der Waals surface area (Å²) in [6.07, 6.45) is 2.59. The van der Waals surface area contributed by atoms with Gasteiger partial charge in [-0.3, -0.25) is 4.79 Å². The summed E-state index contributed by atoms with van der Waals surface area (Å²) in [4.78, 5) is 38.4. The lowest BCUT2D eigenvalue weighted by Crippen LogP contribution is -2.55. The molecule has 0 saturated heterocycles. The molecule has 8 nitrogen and oxygen atoms in total. The number of fused-ring (bicyclic) bond motifs is 3. The first-order chi connectivity index (χ1) is 20.3. The van der Waals surface area contributed by atoms with Gasteiger partial charge in [-0.1, -0.05) is 98.1 Å². The summed E-state index contributed by atoms with van der Waals surface area (Å²) in [7, 11) is 0. The Morgan fingerprint density at radius 3 is 2.10 bits per heavy atom. The van der Waals surface area contributed by atoms with Crippen LogP contribution in [0.1, 0.15) is 68.1 Å². The molecule has 3 aromatic carbocycles. The van der Waals surface area contributed by atoms with Gasteiger partial charge in [-0.25, -0.2) is 9.59 Å². The van der Waals surface area contributed by atoms with Crippen molar-refractivity contribution < 1.29 is 29.0 Å². The predicted molar refractivity (Wildman–Crippen MR) is 159 cm³/mol. The van der Waals surface area contributed by atoms with Crippen molar-refractivity contribution in [2.24, 2.45) is 0 Å². The monoisotopic (exact) mass is 570 g/mol. The zero-order valence-corrected chi connectivity index (χ0v) is 23.9. The summed E-state index contributed by atoms with van der Waals surface area (Å²) in [6, 6.07) is 24.5. The van der Waals surface area contributed by atoms with Gasteiger partial charge in [0.25, 0.3) is 0 Å². The van der Waals surface area contributed by atoms with Gasteiger partial charge in [-0.15, -0.1) is 0 Å². The Balaban J connectivity index is 1.20. The molecule has 2 atom stereocenters. The highest BCUT2D eigenvalue weighted by atomic mass is 16.5. The third-order valence-corrected chi connectivity index (χ3v) is 8.43. The molecule has 42 heavy (non-hydrogen) atoms. The summed E-state index contributed by atoms with van der Waals surface area (Å²) >= 11 is 0. The third-order valence-electron chi connectivity index (χ3n) is 8.43. The number of nitrogens with one attached hydrogen (secondary N) is 2. The van der Waals surface area contributed by atoms with Gasteiger partial charge in [0.15, 0.2) is 6.04 Å². The van der Waals surface area contributed by atoms with Gasteiger partial charge < -0.3 is 25.2 Å². The molecular weight excluding hydrogens is 532 g/mol. The molecule has 0 radical (unpaired) electrons. The van der Waals surface area contributed by atoms with E-state index in [1.54, 1.807) is 6.92 Å². The first-order valence-corrected chi connectivity index (χ1v) is 14.7. The lowest BCUT2D eigenvalue weighted by molar-refractivity contribution is -0.146. The number of carbonyl (C=O) groups excluding carboxylic acids is 2. The van der Waals surface area contributed by atoms with E-state index in [1.807, 2.05) is 54.6 Å². The Kier molecular flexibility index (Phi) is 9.22. The van der Waals surface area contributed by atoms with Crippen molar-refractivity contribution >= 4 is 18.0 Å². The number of hydrogen-bond donors (Lipinski definition) is 3. The molecule has 2 aliphatic carbocycles. The Morgan fingerprint density at radius 1 is 0.881 bits per heavy atom. The fourth-order valence-corrected chi connectivity index (χ4v) is 6.24. The van der Waals surface area contributed by atoms with E-state index in [1.165, 1.54) is 0 Å². The van der Waals surface area contributed by atoms with Gasteiger partial charge in [-0.2, -0.15) is 0 Å². The maximum atomic E-state index is 13.2. The fourth-order valence-electron chi connectivity index (χ4n) is 6.24. The highest BCUT2D eigenvalue weighted by Gasteiger charge is 2.38. The van der Waals surface area contributed by atoms with Crippen molar-refractivity contribution in [1.29, 1.82) is 0 Å². The molecule has 220 valence electrons. The Morgan fingerprint density at radius 2 is 1.48 bits per heavy atom. The molecular formula is C34H38N2O6. The van der Waals surface area contributed by atoms with Crippen LogP contribution in [0.25, 0.3) is 11.1 Å². The number of alkyl carbamates (subject to hydrolysis) is 1. The van der Waals surface area contributed by atoms with Crippen molar-refractivity contribution in [1.82, 2.24) is 10.6 Å². The minimum Gasteiger partial charge on any atom is -0.480 e. The average Bonchev–Trinajstić information content (AvgIpc) is 3.32. The van der Waals surface area contributed by atoms with Gasteiger partial charge in [0.2, 0.25) is 5.91 Å². The van der Waals surface area contributed by atoms with Crippen molar-refractivity contribution in [3.05, 3.63) is 95.6 Å². The predicted octanol–water partition coefficient (Wildman–Crippen LogP) is 5.79. The lowest BCUT2D eigenvalue weighted by atomic mass is 9.79. The Labute approximate surface area is 246 Å². The number of carboxylic acids is 1. The number of rotatable bonds is 11. The molecule has 8 heteroatoms. The van der Waals surface area contributed by atoms with Crippen LogP contribution in [0.5, 0.6) is 0 Å². The normalized spacial score (nSPS) is 16.9. The second kappa shape index (κ2) is 13.2. The van der Waals surface area contributed by atoms with Crippen molar-refractivity contribution in [2.75, 3.05) is 6.61 Å². The van der Waals surface area contributed by atoms with Gasteiger partial charge >= 0.3 is 12.1 Å². The lowest BCUT2D eigenvalue weighted by Gasteiger charge is -2.37. The smallest absolute Gasteiger partial charge is 0.407 e. The van der Waals surface area contributed by atoms with Crippen LogP contribution in [0.2, 0.25) is 0 Å². The minimum absolute atomic E-state index is 0.0353. The maximum Gasteiger partial charge on any atom is 0.407 e. The Hall–Kier alpha value is -4.17. The van der Waals surface area contributed by atoms with E-state index in [9.17, 15) is 19.5 Å². The van der Waals surface area contributed by atoms with Crippen LogP contribution >= 0.6 is 0 Å². The molecule has 3 N–H and O–H groups in total. The molecule has 1 saturated carbocycles. The summed E-state index contributed by atoms with van der Waals surface area (Å²) in [5.74, 6) is -1.69. The number of amides is 2. The first-order valence-electron chi connectivity index (χ1n) is 14.7. The molecule has 0 heterocycles. The van der Waals surface area contributed by atoms with Crippen LogP contribution < -0.4 is 10.6 Å². The second-order valence-electron chi connectivity index (χ2n) is 11.4. The molecule has 0 unspecified atom stereocenters. The van der Waals surface area contributed by atoms with E-state index < -0.39 is 35.7 Å². The zero-order valence-electron chi connectivity index (χ0n) is 23.9. The summed E-state index contributed by atoms with van der Waals surface area (Å²) in [6.45, 7) is 2.04. The van der Waals surface area contributed by atoms with E-state index in [0.717, 1.165) is 47.1 Å². The second-order valence-corrected chi connectivity index (χ2v) is 11.4. The quantitative estimate of drug-likeness (QED) is 0.269. The van der Waals surface area contributed by atoms with Crippen LogP contribution in [0.4, 0.5) is 4.79 Å². The standard InChI is InChI=1S/C34H38N2O6/c1-23(41-21-24-12-4-2-5-13-24)31(32(38)39)35-30(37)20-34(18-10-3-11-19-34)36-33(40)42-22-29-27-16-8-6-14-25(27)26-15-7-9-17-28(26)29/h2,4-9,12-17,23,29,31H,3,10-11,18-22H2,1H3,(H,35,37)(H,36,40)(H,38,39)/t23-,31+/m0/s1. The molecule has 0 bridgehead atoms. The molecule has 5 rings (SSSR count). The fraction of sp³-hybridized carbons (Fsp3) is 0.382. The SMILES string of the molecule is C[C@H](OCc1ccccc1)[C@@H](NC(=O)CC1(NC(=O)OCC2c3ccccc3-c3ccccc32)CCCCC1)C(=O)O. The van der Waals surface area contributed by atoms with Crippen LogP contribution in [-0.2, 0) is 25.7 Å². The minimum atomic E-state index is -1.23. The molecule has 1 fully saturated rings. The summed E-state index contributed by atoms with van der Waals surface area (Å²) in [5.41, 5.74) is 4.66. The van der Waals surface area contributed by atoms with E-state index in [4.69, 9.17) is 9.47 Å². The summed E-state index contributed by atoms with van der Waals surface area (Å²) < 4.78 is 11.6. The number of aliphatic carboxylic acids is 1. The highest BCUT2D eigenvalue weighted by Crippen LogP contribution is 2.44. The third kappa shape index (κ3) is 6.82. The van der Waals surface area contributed by atoms with Gasteiger partial charge in [-0.05, 0) is 47.6 Å². The van der Waals surface area contributed by atoms with Gasteiger partial charge in [0.05, 0.1) is 18.2 Å². The van der Waals surface area contributed by atoms with Crippen LogP contribution in [-0.4, -0.2) is 47.4 Å². The van der Waals surface area contributed by atoms with E-state index in [-0.39, 0.29) is 25.6 Å². The van der Waals surface area contributed by atoms with Gasteiger partial charge in [0, 0.05) is 12.3 Å². The number of carboxylic acid groups (broad SMARTS) is 1. The van der Waals surface area contributed by atoms with E-state index in [2.05, 4.69) is 34.9 Å². The number of ether oxygens (including phenoxy) is 2. The molecule has 0 aliphatic heterocycles.